The quantitative estimate of drug-likeness (QED) is 0.692. The minimum atomic E-state index is 0.643. The predicted octanol–water partition coefficient (Wildman–Crippen LogP) is 5.50. The van der Waals surface area contributed by atoms with Crippen LogP contribution < -0.4 is 0 Å². The zero-order valence-electron chi connectivity index (χ0n) is 12.0. The van der Waals surface area contributed by atoms with Gasteiger partial charge in [0.15, 0.2) is 0 Å². The van der Waals surface area contributed by atoms with Crippen molar-refractivity contribution >= 4 is 16.5 Å². The lowest BCUT2D eigenvalue weighted by molar-refractivity contribution is 0.578. The summed E-state index contributed by atoms with van der Waals surface area (Å²) in [5.74, 6) is 1.71. The molecule has 18 heavy (non-hydrogen) atoms. The van der Waals surface area contributed by atoms with E-state index in [2.05, 4.69) is 58.9 Å². The van der Waals surface area contributed by atoms with Crippen LogP contribution in [-0.2, 0) is 0 Å². The van der Waals surface area contributed by atoms with Crippen LogP contribution in [0.5, 0.6) is 0 Å². The average molecular weight is 242 g/mol. The molecular formula is C17H22O. The highest BCUT2D eigenvalue weighted by atomic mass is 16.3. The van der Waals surface area contributed by atoms with Crippen LogP contribution in [0.4, 0.5) is 0 Å². The molecule has 0 N–H and O–H groups in total. The van der Waals surface area contributed by atoms with Crippen molar-refractivity contribution in [2.45, 2.75) is 41.0 Å². The van der Waals surface area contributed by atoms with Crippen molar-refractivity contribution in [3.63, 3.8) is 0 Å². The molecular weight excluding hydrogens is 220 g/mol. The Labute approximate surface area is 110 Å². The van der Waals surface area contributed by atoms with Gasteiger partial charge in [0, 0.05) is 10.9 Å². The number of hydrogen-bond acceptors (Lipinski definition) is 1. The molecule has 1 heteroatoms. The summed E-state index contributed by atoms with van der Waals surface area (Å²) in [5, 5.41) is 1.24. The van der Waals surface area contributed by atoms with Gasteiger partial charge in [0.25, 0.3) is 0 Å². The smallest absolute Gasteiger partial charge is 0.137 e. The van der Waals surface area contributed by atoms with E-state index in [1.54, 1.807) is 0 Å². The highest BCUT2D eigenvalue weighted by Gasteiger charge is 2.15. The number of fused-ring (bicyclic) bond motifs is 1. The van der Waals surface area contributed by atoms with Crippen molar-refractivity contribution < 1.29 is 4.42 Å². The van der Waals surface area contributed by atoms with Crippen LogP contribution in [-0.4, -0.2) is 0 Å². The first-order valence-corrected chi connectivity index (χ1v) is 6.68. The maximum absolute atomic E-state index is 6.12. The summed E-state index contributed by atoms with van der Waals surface area (Å²) >= 11 is 0. The highest BCUT2D eigenvalue weighted by Crippen LogP contribution is 2.34. The van der Waals surface area contributed by atoms with Crippen molar-refractivity contribution in [1.29, 1.82) is 0 Å². The van der Waals surface area contributed by atoms with E-state index in [1.165, 1.54) is 22.1 Å². The van der Waals surface area contributed by atoms with Crippen molar-refractivity contribution in [2.24, 2.45) is 5.92 Å². The molecule has 1 aromatic carbocycles. The molecule has 0 radical (unpaired) electrons. The lowest BCUT2D eigenvalue weighted by Gasteiger charge is -2.08. The van der Waals surface area contributed by atoms with Crippen LogP contribution in [0.3, 0.4) is 0 Å². The first-order chi connectivity index (χ1) is 8.54. The predicted molar refractivity (Wildman–Crippen MR) is 78.8 cm³/mol. The van der Waals surface area contributed by atoms with E-state index < -0.39 is 0 Å². The van der Waals surface area contributed by atoms with Crippen LogP contribution in [0.25, 0.3) is 16.5 Å². The number of allylic oxidation sites excluding steroid dienone is 2. The fraction of sp³-hybridized carbons (Fsp3) is 0.412. The lowest BCUT2D eigenvalue weighted by Crippen LogP contribution is -1.91. The molecule has 0 spiro atoms. The Kier molecular flexibility index (Phi) is 3.60. The largest absolute Gasteiger partial charge is 0.456 e. The van der Waals surface area contributed by atoms with Crippen molar-refractivity contribution in [1.82, 2.24) is 0 Å². The molecule has 0 fully saturated rings. The standard InChI is InChI=1S/C17H22O/c1-6-14(10-11(2)3)17-13(5)15-9-7-8-12(4)16(15)18-17/h6-9,11H,10H2,1-5H3/b14-6-. The topological polar surface area (TPSA) is 13.1 Å². The molecule has 0 amide bonds. The molecule has 0 unspecified atom stereocenters. The summed E-state index contributed by atoms with van der Waals surface area (Å²) in [5.41, 5.74) is 4.83. The Morgan fingerprint density at radius 3 is 2.56 bits per heavy atom. The number of hydrogen-bond donors (Lipinski definition) is 0. The minimum Gasteiger partial charge on any atom is -0.456 e. The van der Waals surface area contributed by atoms with Gasteiger partial charge in [-0.2, -0.15) is 0 Å². The third-order valence-corrected chi connectivity index (χ3v) is 3.43. The van der Waals surface area contributed by atoms with Gasteiger partial charge >= 0.3 is 0 Å². The van der Waals surface area contributed by atoms with Crippen LogP contribution in [0.2, 0.25) is 0 Å². The normalized spacial score (nSPS) is 12.7. The fourth-order valence-corrected chi connectivity index (χ4v) is 2.47. The molecule has 0 bridgehead atoms. The number of benzene rings is 1. The van der Waals surface area contributed by atoms with E-state index in [1.807, 2.05) is 0 Å². The second-order valence-electron chi connectivity index (χ2n) is 5.42. The Hall–Kier alpha value is -1.50. The van der Waals surface area contributed by atoms with E-state index in [9.17, 15) is 0 Å². The average Bonchev–Trinajstić information content (AvgIpc) is 2.66. The molecule has 2 aromatic rings. The maximum atomic E-state index is 6.12. The summed E-state index contributed by atoms with van der Waals surface area (Å²) in [6.07, 6.45) is 3.25. The van der Waals surface area contributed by atoms with Gasteiger partial charge in [-0.1, -0.05) is 38.1 Å². The number of para-hydroxylation sites is 1. The minimum absolute atomic E-state index is 0.643. The first kappa shape index (κ1) is 12.9. The lowest BCUT2D eigenvalue weighted by atomic mass is 9.98. The van der Waals surface area contributed by atoms with Gasteiger partial charge in [-0.3, -0.25) is 0 Å². The molecule has 96 valence electrons. The van der Waals surface area contributed by atoms with Gasteiger partial charge < -0.3 is 4.42 Å². The fourth-order valence-electron chi connectivity index (χ4n) is 2.47. The van der Waals surface area contributed by atoms with Crippen molar-refractivity contribution in [2.75, 3.05) is 0 Å². The van der Waals surface area contributed by atoms with E-state index in [4.69, 9.17) is 4.42 Å². The molecule has 2 rings (SSSR count). The Bertz CT molecular complexity index is 585. The summed E-state index contributed by atoms with van der Waals surface area (Å²) in [6, 6.07) is 6.35. The Morgan fingerprint density at radius 2 is 2.00 bits per heavy atom. The van der Waals surface area contributed by atoms with E-state index in [0.717, 1.165) is 17.8 Å². The third kappa shape index (κ3) is 2.22. The SMILES string of the molecule is C/C=C(/CC(C)C)c1oc2c(C)cccc2c1C. The summed E-state index contributed by atoms with van der Waals surface area (Å²) in [4.78, 5) is 0. The summed E-state index contributed by atoms with van der Waals surface area (Å²) in [7, 11) is 0. The van der Waals surface area contributed by atoms with E-state index in [-0.39, 0.29) is 0 Å². The van der Waals surface area contributed by atoms with Gasteiger partial charge in [0.05, 0.1) is 0 Å². The molecule has 0 saturated carbocycles. The van der Waals surface area contributed by atoms with E-state index in [0.29, 0.717) is 5.92 Å². The summed E-state index contributed by atoms with van der Waals surface area (Å²) in [6.45, 7) is 10.8. The molecule has 0 atom stereocenters. The van der Waals surface area contributed by atoms with Gasteiger partial charge in [-0.15, -0.1) is 0 Å². The molecule has 1 nitrogen and oxygen atoms in total. The number of rotatable bonds is 3. The zero-order valence-corrected chi connectivity index (χ0v) is 12.0. The third-order valence-electron chi connectivity index (χ3n) is 3.43. The second kappa shape index (κ2) is 5.01. The summed E-state index contributed by atoms with van der Waals surface area (Å²) < 4.78 is 6.12. The van der Waals surface area contributed by atoms with Gasteiger partial charge in [-0.25, -0.2) is 0 Å². The van der Waals surface area contributed by atoms with Crippen molar-refractivity contribution in [3.05, 3.63) is 41.2 Å². The number of aryl methyl sites for hydroxylation is 2. The molecule has 0 saturated heterocycles. The van der Waals surface area contributed by atoms with Gasteiger partial charge in [0.2, 0.25) is 0 Å². The van der Waals surface area contributed by atoms with Crippen LogP contribution >= 0.6 is 0 Å². The molecule has 0 aliphatic rings. The van der Waals surface area contributed by atoms with Crippen LogP contribution in [0.1, 0.15) is 44.1 Å². The van der Waals surface area contributed by atoms with Crippen LogP contribution in [0, 0.1) is 19.8 Å². The van der Waals surface area contributed by atoms with Crippen LogP contribution in [0.15, 0.2) is 28.7 Å². The monoisotopic (exact) mass is 242 g/mol. The van der Waals surface area contributed by atoms with Gasteiger partial charge in [-0.05, 0) is 44.2 Å². The molecule has 0 aliphatic heterocycles. The highest BCUT2D eigenvalue weighted by molar-refractivity contribution is 5.88. The van der Waals surface area contributed by atoms with E-state index >= 15 is 0 Å². The Morgan fingerprint density at radius 1 is 1.28 bits per heavy atom. The van der Waals surface area contributed by atoms with Crippen molar-refractivity contribution in [3.8, 4) is 0 Å². The Balaban J connectivity index is 2.58. The molecule has 0 aliphatic carbocycles. The second-order valence-corrected chi connectivity index (χ2v) is 5.42. The number of furan rings is 1. The zero-order chi connectivity index (χ0) is 13.3. The maximum Gasteiger partial charge on any atom is 0.137 e. The molecule has 1 aromatic heterocycles. The molecule has 1 heterocycles. The van der Waals surface area contributed by atoms with Gasteiger partial charge in [0.1, 0.15) is 11.3 Å². The first-order valence-electron chi connectivity index (χ1n) is 6.68.